The first-order chi connectivity index (χ1) is 19.0. The lowest BCUT2D eigenvalue weighted by Gasteiger charge is -2.41. The van der Waals surface area contributed by atoms with E-state index in [1.54, 1.807) is 6.33 Å². The Kier molecular flexibility index (Phi) is 7.62. The van der Waals surface area contributed by atoms with Gasteiger partial charge in [-0.1, -0.05) is 41.4 Å². The molecule has 3 N–H and O–H groups in total. The number of fused-ring (bicyclic) bond motifs is 1. The van der Waals surface area contributed by atoms with Crippen molar-refractivity contribution < 1.29 is 0 Å². The number of rotatable bonds is 6. The summed E-state index contributed by atoms with van der Waals surface area (Å²) in [6.07, 6.45) is 6.08. The predicted octanol–water partition coefficient (Wildman–Crippen LogP) is 5.73. The van der Waals surface area contributed by atoms with Crippen LogP contribution < -0.4 is 11.1 Å². The van der Waals surface area contributed by atoms with E-state index in [2.05, 4.69) is 48.9 Å². The normalized spacial score (nSPS) is 20.9. The molecule has 4 aromatic rings. The molecule has 3 heterocycles. The summed E-state index contributed by atoms with van der Waals surface area (Å²) in [5.74, 6) is 0.461. The van der Waals surface area contributed by atoms with E-state index in [4.69, 9.17) is 34.0 Å². The fourth-order valence-electron chi connectivity index (χ4n) is 5.94. The van der Waals surface area contributed by atoms with E-state index in [0.29, 0.717) is 34.5 Å². The topological polar surface area (TPSA) is 88.1 Å². The van der Waals surface area contributed by atoms with Crippen LogP contribution in [0.15, 0.2) is 48.8 Å². The van der Waals surface area contributed by atoms with Gasteiger partial charge in [-0.15, -0.1) is 0 Å². The monoisotopic (exact) mass is 564 g/mol. The minimum absolute atomic E-state index is 0.306. The maximum atomic E-state index is 6.39. The van der Waals surface area contributed by atoms with Crippen molar-refractivity contribution in [2.75, 3.05) is 44.3 Å². The lowest BCUT2D eigenvalue weighted by molar-refractivity contribution is 0.0815. The molecule has 0 atom stereocenters. The average molecular weight is 566 g/mol. The molecule has 1 saturated carbocycles. The molecule has 2 aliphatic rings. The molecule has 204 valence electrons. The summed E-state index contributed by atoms with van der Waals surface area (Å²) in [6, 6.07) is 14.7. The Morgan fingerprint density at radius 3 is 2.26 bits per heavy atom. The van der Waals surface area contributed by atoms with Gasteiger partial charge in [0.2, 0.25) is 0 Å². The van der Waals surface area contributed by atoms with Gasteiger partial charge in [-0.2, -0.15) is 5.10 Å². The third-order valence-electron chi connectivity index (χ3n) is 8.27. The van der Waals surface area contributed by atoms with Crippen LogP contribution in [0.25, 0.3) is 22.3 Å². The van der Waals surface area contributed by atoms with Gasteiger partial charge in [0.15, 0.2) is 5.65 Å². The van der Waals surface area contributed by atoms with Crippen molar-refractivity contribution in [1.29, 1.82) is 0 Å². The Morgan fingerprint density at radius 2 is 1.56 bits per heavy atom. The number of nitrogens with two attached hydrogens (primary N) is 1. The highest BCUT2D eigenvalue weighted by atomic mass is 35.5. The highest BCUT2D eigenvalue weighted by Gasteiger charge is 2.30. The fraction of sp³-hybridized carbons (Fsp3) is 0.414. The average Bonchev–Trinajstić information content (AvgIpc) is 3.35. The molecule has 1 aliphatic carbocycles. The summed E-state index contributed by atoms with van der Waals surface area (Å²) >= 11 is 12.7. The Bertz CT molecular complexity index is 1420. The number of likely N-dealkylation sites (N-methyl/N-ethyl adjacent to an activating group) is 1. The van der Waals surface area contributed by atoms with Crippen molar-refractivity contribution in [1.82, 2.24) is 29.5 Å². The quantitative estimate of drug-likeness (QED) is 0.309. The molecule has 2 aromatic carbocycles. The van der Waals surface area contributed by atoms with Gasteiger partial charge in [-0.25, -0.2) is 14.6 Å². The second kappa shape index (κ2) is 11.3. The molecule has 0 spiro atoms. The van der Waals surface area contributed by atoms with E-state index in [1.807, 2.05) is 30.3 Å². The SMILES string of the molecule is CN1CCN([C@H]2CC[C@@H](n3nc(-c4ccc(NCc5c(Cl)cccc5Cl)cc4)c4c(N)ncnc43)CC2)CC1. The molecule has 0 unspecified atom stereocenters. The van der Waals surface area contributed by atoms with Crippen LogP contribution >= 0.6 is 23.2 Å². The van der Waals surface area contributed by atoms with Crippen molar-refractivity contribution in [3.8, 4) is 11.3 Å². The van der Waals surface area contributed by atoms with Crippen molar-refractivity contribution >= 4 is 45.7 Å². The first kappa shape index (κ1) is 26.3. The van der Waals surface area contributed by atoms with Crippen LogP contribution in [0.3, 0.4) is 0 Å². The van der Waals surface area contributed by atoms with Gasteiger partial charge in [0.1, 0.15) is 17.8 Å². The van der Waals surface area contributed by atoms with Crippen molar-refractivity contribution in [2.24, 2.45) is 0 Å². The van der Waals surface area contributed by atoms with Crippen LogP contribution in [0.4, 0.5) is 11.5 Å². The Balaban J connectivity index is 1.20. The number of piperazine rings is 1. The third-order valence-corrected chi connectivity index (χ3v) is 8.98. The lowest BCUT2D eigenvalue weighted by atomic mass is 9.90. The Hall–Kier alpha value is -2.91. The van der Waals surface area contributed by atoms with Crippen molar-refractivity contribution in [3.05, 3.63) is 64.4 Å². The molecule has 2 aromatic heterocycles. The minimum atomic E-state index is 0.306. The van der Waals surface area contributed by atoms with Gasteiger partial charge >= 0.3 is 0 Å². The molecule has 2 fully saturated rings. The molecule has 1 saturated heterocycles. The van der Waals surface area contributed by atoms with Crippen LogP contribution in [0, 0.1) is 0 Å². The van der Waals surface area contributed by atoms with Crippen LogP contribution in [-0.4, -0.2) is 68.8 Å². The molecular weight excluding hydrogens is 531 g/mol. The number of benzene rings is 2. The highest BCUT2D eigenvalue weighted by Crippen LogP contribution is 2.37. The maximum Gasteiger partial charge on any atom is 0.164 e. The predicted molar refractivity (Wildman–Crippen MR) is 159 cm³/mol. The van der Waals surface area contributed by atoms with E-state index in [-0.39, 0.29) is 0 Å². The number of aromatic nitrogens is 4. The van der Waals surface area contributed by atoms with Crippen LogP contribution in [-0.2, 0) is 6.54 Å². The summed E-state index contributed by atoms with van der Waals surface area (Å²) in [4.78, 5) is 14.0. The summed E-state index contributed by atoms with van der Waals surface area (Å²) in [5, 5.41) is 10.6. The molecule has 0 bridgehead atoms. The minimum Gasteiger partial charge on any atom is -0.383 e. The third kappa shape index (κ3) is 5.43. The van der Waals surface area contributed by atoms with Gasteiger partial charge < -0.3 is 16.0 Å². The molecule has 1 aliphatic heterocycles. The van der Waals surface area contributed by atoms with Crippen LogP contribution in [0.2, 0.25) is 10.0 Å². The molecule has 0 radical (unpaired) electrons. The Labute approximate surface area is 239 Å². The largest absolute Gasteiger partial charge is 0.383 e. The van der Waals surface area contributed by atoms with E-state index in [0.717, 1.165) is 59.5 Å². The van der Waals surface area contributed by atoms with E-state index >= 15 is 0 Å². The van der Waals surface area contributed by atoms with Gasteiger partial charge in [-0.05, 0) is 57.0 Å². The van der Waals surface area contributed by atoms with Gasteiger partial charge in [0.05, 0.1) is 11.4 Å². The van der Waals surface area contributed by atoms with Gasteiger partial charge in [-0.3, -0.25) is 4.90 Å². The van der Waals surface area contributed by atoms with Crippen LogP contribution in [0.1, 0.15) is 37.3 Å². The van der Waals surface area contributed by atoms with Crippen molar-refractivity contribution in [3.63, 3.8) is 0 Å². The van der Waals surface area contributed by atoms with Crippen LogP contribution in [0.5, 0.6) is 0 Å². The number of nitrogens with zero attached hydrogens (tertiary/aromatic N) is 6. The van der Waals surface area contributed by atoms with Crippen molar-refractivity contribution in [2.45, 2.75) is 44.3 Å². The molecule has 8 nitrogen and oxygen atoms in total. The second-order valence-corrected chi connectivity index (χ2v) is 11.5. The Morgan fingerprint density at radius 1 is 0.897 bits per heavy atom. The fourth-order valence-corrected chi connectivity index (χ4v) is 6.48. The van der Waals surface area contributed by atoms with Gasteiger partial charge in [0, 0.05) is 65.6 Å². The maximum absolute atomic E-state index is 6.39. The lowest BCUT2D eigenvalue weighted by Crippen LogP contribution is -2.49. The van der Waals surface area contributed by atoms with E-state index < -0.39 is 0 Å². The first-order valence-corrected chi connectivity index (χ1v) is 14.4. The summed E-state index contributed by atoms with van der Waals surface area (Å²) in [7, 11) is 2.21. The molecule has 39 heavy (non-hydrogen) atoms. The second-order valence-electron chi connectivity index (χ2n) is 10.7. The number of halogens is 2. The number of hydrogen-bond donors (Lipinski definition) is 2. The number of anilines is 2. The molecular formula is C29H34Cl2N8. The molecule has 6 rings (SSSR count). The number of nitrogen functional groups attached to an aromatic ring is 1. The zero-order valence-corrected chi connectivity index (χ0v) is 23.7. The number of hydrogen-bond acceptors (Lipinski definition) is 7. The summed E-state index contributed by atoms with van der Waals surface area (Å²) < 4.78 is 2.11. The highest BCUT2D eigenvalue weighted by molar-refractivity contribution is 6.36. The molecule has 10 heteroatoms. The van der Waals surface area contributed by atoms with Gasteiger partial charge in [0.25, 0.3) is 0 Å². The molecule has 0 amide bonds. The first-order valence-electron chi connectivity index (χ1n) is 13.7. The standard InChI is InChI=1S/C29H34Cl2N8/c1-37-13-15-38(16-14-37)21-9-11-22(12-10-21)39-29-26(28(32)34-18-35-29)27(36-39)19-5-7-20(8-6-19)33-17-23-24(30)3-2-4-25(23)31/h2-8,18,21-22,33H,9-17H2,1H3,(H2,32,34,35)/t21-,22+. The zero-order chi connectivity index (χ0) is 26.9. The van der Waals surface area contributed by atoms with E-state index in [9.17, 15) is 0 Å². The van der Waals surface area contributed by atoms with E-state index in [1.165, 1.54) is 25.9 Å². The smallest absolute Gasteiger partial charge is 0.164 e. The zero-order valence-electron chi connectivity index (χ0n) is 22.2. The number of nitrogens with one attached hydrogen (secondary N) is 1. The summed E-state index contributed by atoms with van der Waals surface area (Å²) in [6.45, 7) is 5.19. The summed E-state index contributed by atoms with van der Waals surface area (Å²) in [5.41, 5.74) is 10.8.